The van der Waals surface area contributed by atoms with Crippen LogP contribution in [0.25, 0.3) is 0 Å². The van der Waals surface area contributed by atoms with Gasteiger partial charge in [0.1, 0.15) is 11.5 Å². The van der Waals surface area contributed by atoms with Crippen molar-refractivity contribution in [2.75, 3.05) is 20.3 Å². The van der Waals surface area contributed by atoms with Crippen molar-refractivity contribution in [1.29, 1.82) is 0 Å². The van der Waals surface area contributed by atoms with Gasteiger partial charge in [-0.25, -0.2) is 4.99 Å². The molecule has 3 aromatic rings. The van der Waals surface area contributed by atoms with Crippen LogP contribution in [0, 0.1) is 0 Å². The molecule has 0 radical (unpaired) electrons. The maximum Gasteiger partial charge on any atom is 0.252 e. The Hall–Kier alpha value is -3.62. The Morgan fingerprint density at radius 3 is 2.50 bits per heavy atom. The number of methoxy groups -OCH3 is 1. The largest absolute Gasteiger partial charge is 0.497 e. The van der Waals surface area contributed by atoms with Gasteiger partial charge in [-0.3, -0.25) is 4.79 Å². The average molecular weight is 579 g/mol. The molecule has 0 fully saturated rings. The van der Waals surface area contributed by atoms with E-state index in [9.17, 15) is 4.79 Å². The van der Waals surface area contributed by atoms with Gasteiger partial charge in [-0.15, -0.1) is 6.58 Å². The van der Waals surface area contributed by atoms with Crippen LogP contribution in [0.3, 0.4) is 0 Å². The first-order valence-electron chi connectivity index (χ1n) is 12.4. The van der Waals surface area contributed by atoms with Crippen molar-refractivity contribution < 1.29 is 24.1 Å². The molecule has 0 aromatic heterocycles. The van der Waals surface area contributed by atoms with Gasteiger partial charge in [0.2, 0.25) is 5.90 Å². The number of carbonyl (C=O) groups excluding carboxylic acids is 1. The number of hydrogen-bond donors (Lipinski definition) is 2. The molecular weight excluding hydrogens is 548 g/mol. The Bertz CT molecular complexity index is 1280. The molecule has 0 aliphatic carbocycles. The summed E-state index contributed by atoms with van der Waals surface area (Å²) < 4.78 is 18.1. The van der Waals surface area contributed by atoms with Gasteiger partial charge in [-0.1, -0.05) is 52.3 Å². The first kappa shape index (κ1) is 27.4. The number of nitrogens with one attached hydrogen (secondary N) is 1. The number of nitrogens with zero attached hydrogens (tertiary/aromatic N) is 1. The van der Waals surface area contributed by atoms with E-state index in [0.717, 1.165) is 26.9 Å². The minimum Gasteiger partial charge on any atom is -0.497 e. The van der Waals surface area contributed by atoms with Crippen molar-refractivity contribution in [3.05, 3.63) is 107 Å². The topological polar surface area (TPSA) is 89.4 Å². The predicted octanol–water partition coefficient (Wildman–Crippen LogP) is 5.37. The van der Waals surface area contributed by atoms with Crippen LogP contribution in [0.5, 0.6) is 11.5 Å². The van der Waals surface area contributed by atoms with Crippen molar-refractivity contribution in [1.82, 2.24) is 5.32 Å². The smallest absolute Gasteiger partial charge is 0.252 e. The summed E-state index contributed by atoms with van der Waals surface area (Å²) in [5.74, 6) is 1.54. The average Bonchev–Trinajstić information content (AvgIpc) is 3.33. The fourth-order valence-corrected chi connectivity index (χ4v) is 4.77. The third kappa shape index (κ3) is 6.09. The van der Waals surface area contributed by atoms with Crippen LogP contribution in [-0.4, -0.2) is 42.8 Å². The lowest BCUT2D eigenvalue weighted by atomic mass is 9.84. The van der Waals surface area contributed by atoms with Crippen molar-refractivity contribution in [2.24, 2.45) is 4.99 Å². The number of benzene rings is 3. The lowest BCUT2D eigenvalue weighted by Crippen LogP contribution is -2.47. The molecule has 0 saturated heterocycles. The Balaban J connectivity index is 1.65. The first-order valence-corrected chi connectivity index (χ1v) is 13.2. The quantitative estimate of drug-likeness (QED) is 0.223. The highest BCUT2D eigenvalue weighted by molar-refractivity contribution is 9.10. The molecule has 8 heteroatoms. The zero-order chi connectivity index (χ0) is 27.0. The number of carbonyl (C=O) groups is 1. The molecule has 38 heavy (non-hydrogen) atoms. The molecule has 198 valence electrons. The van der Waals surface area contributed by atoms with Crippen LogP contribution in [-0.2, 0) is 16.1 Å². The molecule has 4 rings (SSSR count). The highest BCUT2D eigenvalue weighted by atomic mass is 79.9. The predicted molar refractivity (Wildman–Crippen MR) is 151 cm³/mol. The van der Waals surface area contributed by atoms with E-state index in [-0.39, 0.29) is 18.9 Å². The Morgan fingerprint density at radius 2 is 1.84 bits per heavy atom. The van der Waals surface area contributed by atoms with Crippen molar-refractivity contribution in [2.45, 2.75) is 31.0 Å². The molecule has 0 spiro atoms. The van der Waals surface area contributed by atoms with E-state index < -0.39 is 11.6 Å². The molecule has 1 aliphatic rings. The fourth-order valence-electron chi connectivity index (χ4n) is 4.28. The number of aliphatic hydroxyl groups excluding tert-OH is 1. The SMILES string of the molecule is C=CC[C@@]1(C(=O)NCc2ccc(OC)cc2)N=C(c2ccc(OCCCO)cc2)O[C@@H]1c1ccccc1Br. The van der Waals surface area contributed by atoms with E-state index >= 15 is 0 Å². The third-order valence-electron chi connectivity index (χ3n) is 6.29. The van der Waals surface area contributed by atoms with Gasteiger partial charge in [0.05, 0.1) is 13.7 Å². The number of ether oxygens (including phenoxy) is 3. The minimum absolute atomic E-state index is 0.0745. The Morgan fingerprint density at radius 1 is 1.13 bits per heavy atom. The molecule has 3 aromatic carbocycles. The van der Waals surface area contributed by atoms with E-state index in [0.29, 0.717) is 31.2 Å². The molecule has 2 atom stereocenters. The van der Waals surface area contributed by atoms with Crippen LogP contribution >= 0.6 is 15.9 Å². The number of halogens is 1. The molecule has 0 unspecified atom stereocenters. The van der Waals surface area contributed by atoms with Crippen LogP contribution in [0.2, 0.25) is 0 Å². The zero-order valence-corrected chi connectivity index (χ0v) is 22.8. The van der Waals surface area contributed by atoms with Gasteiger partial charge in [0.15, 0.2) is 11.6 Å². The summed E-state index contributed by atoms with van der Waals surface area (Å²) in [5.41, 5.74) is 1.22. The summed E-state index contributed by atoms with van der Waals surface area (Å²) in [7, 11) is 1.62. The van der Waals surface area contributed by atoms with Crippen LogP contribution in [0.1, 0.15) is 35.6 Å². The molecule has 0 saturated carbocycles. The second kappa shape index (κ2) is 12.8. The molecule has 0 bridgehead atoms. The lowest BCUT2D eigenvalue weighted by molar-refractivity contribution is -0.129. The lowest BCUT2D eigenvalue weighted by Gasteiger charge is -2.30. The van der Waals surface area contributed by atoms with Gasteiger partial charge in [0.25, 0.3) is 5.91 Å². The molecule has 1 amide bonds. The molecule has 2 N–H and O–H groups in total. The first-order chi connectivity index (χ1) is 18.5. The Kier molecular flexibility index (Phi) is 9.20. The van der Waals surface area contributed by atoms with E-state index in [4.69, 9.17) is 24.3 Å². The normalized spacial score (nSPS) is 18.3. The minimum atomic E-state index is -1.26. The maximum absolute atomic E-state index is 13.9. The fraction of sp³-hybridized carbons (Fsp3) is 0.267. The highest BCUT2D eigenvalue weighted by Gasteiger charge is 2.52. The standard InChI is InChI=1S/C30H31BrN2O5/c1-3-17-30(29(35)32-20-21-9-13-23(36-2)14-10-21)27(25-7-4-5-8-26(25)31)38-28(33-30)22-11-15-24(16-12-22)37-19-6-18-34/h3-5,7-16,27,34H,1,6,17-20H2,2H3,(H,32,35)/t27-,30-/m1/s1. The zero-order valence-electron chi connectivity index (χ0n) is 21.2. The summed E-state index contributed by atoms with van der Waals surface area (Å²) in [4.78, 5) is 18.8. The van der Waals surface area contributed by atoms with E-state index in [1.807, 2.05) is 72.8 Å². The van der Waals surface area contributed by atoms with E-state index in [2.05, 4.69) is 27.8 Å². The van der Waals surface area contributed by atoms with E-state index in [1.54, 1.807) is 13.2 Å². The molecule has 1 heterocycles. The highest BCUT2D eigenvalue weighted by Crippen LogP contribution is 2.44. The third-order valence-corrected chi connectivity index (χ3v) is 7.01. The van der Waals surface area contributed by atoms with Crippen LogP contribution in [0.15, 0.2) is 94.9 Å². The number of rotatable bonds is 12. The number of aliphatic imine (C=N–C) groups is 1. The van der Waals surface area contributed by atoms with Gasteiger partial charge in [0, 0.05) is 41.6 Å². The number of amides is 1. The van der Waals surface area contributed by atoms with Crippen LogP contribution in [0.4, 0.5) is 0 Å². The Labute approximate surface area is 231 Å². The number of hydrogen-bond acceptors (Lipinski definition) is 6. The summed E-state index contributed by atoms with van der Waals surface area (Å²) in [6.07, 6.45) is 1.85. The maximum atomic E-state index is 13.9. The molecule has 1 aliphatic heterocycles. The van der Waals surface area contributed by atoms with Crippen molar-refractivity contribution >= 4 is 27.7 Å². The monoisotopic (exact) mass is 578 g/mol. The second-order valence-corrected chi connectivity index (χ2v) is 9.69. The van der Waals surface area contributed by atoms with Gasteiger partial charge in [-0.05, 0) is 48.0 Å². The van der Waals surface area contributed by atoms with Crippen molar-refractivity contribution in [3.8, 4) is 11.5 Å². The number of aliphatic hydroxyl groups is 1. The van der Waals surface area contributed by atoms with Crippen LogP contribution < -0.4 is 14.8 Å². The summed E-state index contributed by atoms with van der Waals surface area (Å²) in [5, 5.41) is 12.0. The summed E-state index contributed by atoms with van der Waals surface area (Å²) in [6, 6.07) is 22.6. The second-order valence-electron chi connectivity index (χ2n) is 8.83. The van der Waals surface area contributed by atoms with Gasteiger partial charge < -0.3 is 24.6 Å². The van der Waals surface area contributed by atoms with Crippen molar-refractivity contribution in [3.63, 3.8) is 0 Å². The summed E-state index contributed by atoms with van der Waals surface area (Å²) >= 11 is 3.63. The van der Waals surface area contributed by atoms with Gasteiger partial charge in [-0.2, -0.15) is 0 Å². The van der Waals surface area contributed by atoms with Gasteiger partial charge >= 0.3 is 0 Å². The molecular formula is C30H31BrN2O5. The summed E-state index contributed by atoms with van der Waals surface area (Å²) in [6.45, 7) is 4.75. The molecule has 7 nitrogen and oxygen atoms in total. The van der Waals surface area contributed by atoms with E-state index in [1.165, 1.54) is 0 Å².